The molecule has 0 heteroatoms. The summed E-state index contributed by atoms with van der Waals surface area (Å²) in [4.78, 5) is 0. The van der Waals surface area contributed by atoms with Gasteiger partial charge in [-0.15, -0.1) is 0 Å². The second-order valence-electron chi connectivity index (χ2n) is 4.90. The Balaban J connectivity index is 0.000000265. The Morgan fingerprint density at radius 3 is 1.35 bits per heavy atom. The Labute approximate surface area is 108 Å². The van der Waals surface area contributed by atoms with Crippen LogP contribution in [-0.4, -0.2) is 0 Å². The molecule has 1 aliphatic rings. The first kappa shape index (κ1) is 16.2. The fourth-order valence-corrected chi connectivity index (χ4v) is 1.94. The minimum atomic E-state index is 1.04. The molecule has 0 bridgehead atoms. The van der Waals surface area contributed by atoms with Gasteiger partial charge in [0.2, 0.25) is 0 Å². The van der Waals surface area contributed by atoms with Gasteiger partial charge >= 0.3 is 0 Å². The minimum absolute atomic E-state index is 1.04. The first-order valence-corrected chi connectivity index (χ1v) is 7.22. The molecular weight excluding hydrogens is 204 g/mol. The molecule has 1 aliphatic carbocycles. The summed E-state index contributed by atoms with van der Waals surface area (Å²) in [5.74, 6) is 1.04. The van der Waals surface area contributed by atoms with E-state index >= 15 is 0 Å². The van der Waals surface area contributed by atoms with Crippen molar-refractivity contribution in [3.63, 3.8) is 0 Å². The van der Waals surface area contributed by atoms with Gasteiger partial charge in [-0.05, 0) is 19.8 Å². The molecule has 0 radical (unpaired) electrons. The molecule has 1 saturated carbocycles. The van der Waals surface area contributed by atoms with Crippen molar-refractivity contribution in [2.45, 2.75) is 66.7 Å². The molecule has 0 heterocycles. The smallest absolute Gasteiger partial charge is 0.0398 e. The Morgan fingerprint density at radius 2 is 1.12 bits per heavy atom. The fraction of sp³-hybridized carbons (Fsp3) is 0.647. The van der Waals surface area contributed by atoms with Gasteiger partial charge in [0, 0.05) is 0 Å². The highest BCUT2D eigenvalue weighted by molar-refractivity contribution is 5.19. The summed E-state index contributed by atoms with van der Waals surface area (Å²) in [5, 5.41) is 0. The lowest BCUT2D eigenvalue weighted by Crippen LogP contribution is -1.99. The Hall–Kier alpha value is -0.780. The van der Waals surface area contributed by atoms with E-state index in [4.69, 9.17) is 0 Å². The molecule has 1 aromatic carbocycles. The molecule has 0 unspecified atom stereocenters. The summed E-state index contributed by atoms with van der Waals surface area (Å²) < 4.78 is 0. The van der Waals surface area contributed by atoms with Crippen LogP contribution >= 0.6 is 0 Å². The van der Waals surface area contributed by atoms with E-state index in [-0.39, 0.29) is 0 Å². The molecule has 0 aliphatic heterocycles. The normalized spacial score (nSPS) is 15.1. The van der Waals surface area contributed by atoms with Crippen LogP contribution in [0.4, 0.5) is 0 Å². The summed E-state index contributed by atoms with van der Waals surface area (Å²) in [7, 11) is 0. The van der Waals surface area contributed by atoms with Crippen molar-refractivity contribution in [1.82, 2.24) is 0 Å². The number of hydrogen-bond acceptors (Lipinski definition) is 0. The van der Waals surface area contributed by atoms with Gasteiger partial charge in [-0.3, -0.25) is 0 Å². The molecule has 0 atom stereocenters. The van der Waals surface area contributed by atoms with Crippen molar-refractivity contribution >= 4 is 0 Å². The minimum Gasteiger partial charge on any atom is -0.0683 e. The molecule has 2 rings (SSSR count). The highest BCUT2D eigenvalue weighted by Gasteiger charge is 2.05. The van der Waals surface area contributed by atoms with Crippen LogP contribution in [0.1, 0.15) is 64.0 Å². The third-order valence-corrected chi connectivity index (χ3v) is 3.11. The molecule has 0 aromatic heterocycles. The van der Waals surface area contributed by atoms with E-state index in [1.54, 1.807) is 0 Å². The third-order valence-electron chi connectivity index (χ3n) is 3.11. The third kappa shape index (κ3) is 8.97. The van der Waals surface area contributed by atoms with Crippen LogP contribution in [0.3, 0.4) is 0 Å². The second kappa shape index (κ2) is 10.4. The number of aryl methyl sites for hydroxylation is 2. The molecule has 1 fully saturated rings. The SMILES string of the molecule is CC.CC1CCCCC1.Cc1ccc(C)cc1. The van der Waals surface area contributed by atoms with Gasteiger partial charge in [-0.2, -0.15) is 0 Å². The van der Waals surface area contributed by atoms with Gasteiger partial charge in [0.05, 0.1) is 0 Å². The Bertz CT molecular complexity index is 231. The van der Waals surface area contributed by atoms with Crippen LogP contribution in [-0.2, 0) is 0 Å². The summed E-state index contributed by atoms with van der Waals surface area (Å²) >= 11 is 0. The quantitative estimate of drug-likeness (QED) is 0.523. The van der Waals surface area contributed by atoms with E-state index in [2.05, 4.69) is 45.0 Å². The zero-order valence-electron chi connectivity index (χ0n) is 12.4. The molecular formula is C17H30. The van der Waals surface area contributed by atoms with Crippen LogP contribution < -0.4 is 0 Å². The van der Waals surface area contributed by atoms with E-state index < -0.39 is 0 Å². The van der Waals surface area contributed by atoms with Gasteiger partial charge in [0.15, 0.2) is 0 Å². The molecule has 0 spiro atoms. The zero-order chi connectivity index (χ0) is 13.1. The summed E-state index contributed by atoms with van der Waals surface area (Å²) in [6, 6.07) is 8.48. The number of hydrogen-bond donors (Lipinski definition) is 0. The number of rotatable bonds is 0. The maximum atomic E-state index is 2.36. The zero-order valence-corrected chi connectivity index (χ0v) is 12.4. The lowest BCUT2D eigenvalue weighted by molar-refractivity contribution is 0.385. The molecule has 17 heavy (non-hydrogen) atoms. The predicted molar refractivity (Wildman–Crippen MR) is 79.5 cm³/mol. The monoisotopic (exact) mass is 234 g/mol. The Morgan fingerprint density at radius 1 is 0.765 bits per heavy atom. The highest BCUT2D eigenvalue weighted by Crippen LogP contribution is 2.22. The van der Waals surface area contributed by atoms with Crippen molar-refractivity contribution in [2.75, 3.05) is 0 Å². The van der Waals surface area contributed by atoms with Gasteiger partial charge in [-0.1, -0.05) is 88.3 Å². The van der Waals surface area contributed by atoms with E-state index in [0.717, 1.165) is 5.92 Å². The topological polar surface area (TPSA) is 0 Å². The van der Waals surface area contributed by atoms with Crippen molar-refractivity contribution in [3.8, 4) is 0 Å². The Kier molecular flexibility index (Phi) is 9.90. The first-order chi connectivity index (χ1) is 8.18. The molecule has 0 saturated heterocycles. The number of benzene rings is 1. The van der Waals surface area contributed by atoms with Crippen LogP contribution in [0, 0.1) is 19.8 Å². The standard InChI is InChI=1S/C8H10.C7H14.C2H6/c1-7-3-5-8(2)6-4-7;1-7-5-3-2-4-6-7;1-2/h3-6H,1-2H3;7H,2-6H2,1H3;1-2H3. The molecule has 1 aromatic rings. The van der Waals surface area contributed by atoms with Crippen LogP contribution in [0.15, 0.2) is 24.3 Å². The summed E-state index contributed by atoms with van der Waals surface area (Å²) in [6.07, 6.45) is 7.44. The molecule has 98 valence electrons. The van der Waals surface area contributed by atoms with Gasteiger partial charge in [0.1, 0.15) is 0 Å². The first-order valence-electron chi connectivity index (χ1n) is 7.22. The van der Waals surface area contributed by atoms with Gasteiger partial charge in [0.25, 0.3) is 0 Å². The van der Waals surface area contributed by atoms with E-state index in [0.29, 0.717) is 0 Å². The maximum absolute atomic E-state index is 2.36. The van der Waals surface area contributed by atoms with Crippen molar-refractivity contribution in [2.24, 2.45) is 5.92 Å². The van der Waals surface area contributed by atoms with E-state index in [1.165, 1.54) is 43.2 Å². The van der Waals surface area contributed by atoms with Crippen LogP contribution in [0.25, 0.3) is 0 Å². The van der Waals surface area contributed by atoms with Crippen LogP contribution in [0.2, 0.25) is 0 Å². The summed E-state index contributed by atoms with van der Waals surface area (Å²) in [6.45, 7) is 10.6. The predicted octanol–water partition coefficient (Wildman–Crippen LogP) is 5.92. The van der Waals surface area contributed by atoms with E-state index in [9.17, 15) is 0 Å². The highest BCUT2D eigenvalue weighted by atomic mass is 14.1. The fourth-order valence-electron chi connectivity index (χ4n) is 1.94. The van der Waals surface area contributed by atoms with Crippen molar-refractivity contribution in [3.05, 3.63) is 35.4 Å². The van der Waals surface area contributed by atoms with E-state index in [1.807, 2.05) is 13.8 Å². The average Bonchev–Trinajstić information content (AvgIpc) is 2.37. The lowest BCUT2D eigenvalue weighted by atomic mass is 9.91. The summed E-state index contributed by atoms with van der Waals surface area (Å²) in [5.41, 5.74) is 2.66. The van der Waals surface area contributed by atoms with Gasteiger partial charge < -0.3 is 0 Å². The lowest BCUT2D eigenvalue weighted by Gasteiger charge is -2.15. The van der Waals surface area contributed by atoms with Crippen LogP contribution in [0.5, 0.6) is 0 Å². The second-order valence-corrected chi connectivity index (χ2v) is 4.90. The van der Waals surface area contributed by atoms with Crippen molar-refractivity contribution < 1.29 is 0 Å². The van der Waals surface area contributed by atoms with Gasteiger partial charge in [-0.25, -0.2) is 0 Å². The molecule has 0 N–H and O–H groups in total. The maximum Gasteiger partial charge on any atom is -0.0398 e. The average molecular weight is 234 g/mol. The molecule has 0 nitrogen and oxygen atoms in total. The van der Waals surface area contributed by atoms with Crippen molar-refractivity contribution in [1.29, 1.82) is 0 Å². The molecule has 0 amide bonds. The largest absolute Gasteiger partial charge is 0.0683 e.